The molecule has 0 aliphatic carbocycles. The predicted octanol–water partition coefficient (Wildman–Crippen LogP) is 9.05. The molecule has 0 atom stereocenters. The molecule has 1 rings (SSSR count). The van der Waals surface area contributed by atoms with E-state index in [2.05, 4.69) is 22.8 Å². The Balaban J connectivity index is 1.84. The lowest BCUT2D eigenvalue weighted by Gasteiger charge is -2.07. The summed E-state index contributed by atoms with van der Waals surface area (Å²) in [5, 5.41) is 8.92. The Kier molecular flexibility index (Phi) is 18.9. The molecule has 0 spiro atoms. The van der Waals surface area contributed by atoms with Crippen molar-refractivity contribution < 1.29 is 0 Å². The molecular formula is C26H43Cl2N3S. The van der Waals surface area contributed by atoms with E-state index in [1.165, 1.54) is 96.3 Å². The van der Waals surface area contributed by atoms with Gasteiger partial charge in [0.2, 0.25) is 0 Å². The first-order chi connectivity index (χ1) is 15.6. The average Bonchev–Trinajstić information content (AvgIpc) is 2.78. The second kappa shape index (κ2) is 20.7. The van der Waals surface area contributed by atoms with Crippen molar-refractivity contribution >= 4 is 46.7 Å². The van der Waals surface area contributed by atoms with Gasteiger partial charge in [-0.05, 0) is 36.3 Å². The molecule has 0 saturated heterocycles. The minimum Gasteiger partial charge on any atom is -0.361 e. The van der Waals surface area contributed by atoms with Gasteiger partial charge in [0.15, 0.2) is 5.11 Å². The third kappa shape index (κ3) is 16.7. The van der Waals surface area contributed by atoms with Crippen molar-refractivity contribution in [3.63, 3.8) is 0 Å². The van der Waals surface area contributed by atoms with Crippen molar-refractivity contribution in [3.8, 4) is 0 Å². The Morgan fingerprint density at radius 3 is 1.78 bits per heavy atom. The highest BCUT2D eigenvalue weighted by atomic mass is 35.5. The number of hydrogen-bond donors (Lipinski definition) is 2. The minimum absolute atomic E-state index is 0.514. The number of thiocarbonyl (C=S) groups is 1. The maximum Gasteiger partial charge on any atom is 0.186 e. The van der Waals surface area contributed by atoms with Gasteiger partial charge >= 0.3 is 0 Å². The molecule has 0 heterocycles. The molecule has 0 amide bonds. The molecule has 6 heteroatoms. The fourth-order valence-corrected chi connectivity index (χ4v) is 4.13. The highest BCUT2D eigenvalue weighted by Gasteiger charge is 1.98. The molecule has 0 fully saturated rings. The molecule has 0 unspecified atom stereocenters. The monoisotopic (exact) mass is 499 g/mol. The van der Waals surface area contributed by atoms with Crippen LogP contribution in [0, 0.1) is 0 Å². The fourth-order valence-electron chi connectivity index (χ4n) is 3.67. The summed E-state index contributed by atoms with van der Waals surface area (Å²) in [4.78, 5) is 0. The van der Waals surface area contributed by atoms with Gasteiger partial charge in [0.25, 0.3) is 0 Å². The standard InChI is InChI=1S/C26H43Cl2N3S/c1-2-3-4-5-6-7-8-9-10-11-12-13-14-15-16-17-20-29-26(32)31-30-22-23-18-19-24(27)25(28)21-23/h18-19,21-22H,2-17,20H2,1H3,(H2,29,31,32)/b30-22-. The summed E-state index contributed by atoms with van der Waals surface area (Å²) < 4.78 is 0. The van der Waals surface area contributed by atoms with E-state index in [1.807, 2.05) is 6.07 Å². The van der Waals surface area contributed by atoms with Crippen molar-refractivity contribution in [3.05, 3.63) is 33.8 Å². The van der Waals surface area contributed by atoms with Crippen LogP contribution in [-0.4, -0.2) is 17.9 Å². The SMILES string of the molecule is CCCCCCCCCCCCCCCCCCNC(=S)N/N=C\c1ccc(Cl)c(Cl)c1. The second-order valence-corrected chi connectivity index (χ2v) is 9.83. The Morgan fingerprint density at radius 2 is 1.28 bits per heavy atom. The summed E-state index contributed by atoms with van der Waals surface area (Å²) in [6.45, 7) is 3.17. The third-order valence-electron chi connectivity index (χ3n) is 5.64. The van der Waals surface area contributed by atoms with Crippen LogP contribution in [-0.2, 0) is 0 Å². The largest absolute Gasteiger partial charge is 0.361 e. The Bertz CT molecular complexity index is 637. The minimum atomic E-state index is 0.514. The topological polar surface area (TPSA) is 36.4 Å². The lowest BCUT2D eigenvalue weighted by Crippen LogP contribution is -2.32. The maximum absolute atomic E-state index is 5.99. The molecule has 1 aromatic rings. The van der Waals surface area contributed by atoms with Crippen molar-refractivity contribution in [1.29, 1.82) is 0 Å². The molecule has 0 aliphatic rings. The number of rotatable bonds is 19. The molecule has 32 heavy (non-hydrogen) atoms. The smallest absolute Gasteiger partial charge is 0.186 e. The summed E-state index contributed by atoms with van der Waals surface area (Å²) in [5.74, 6) is 0. The van der Waals surface area contributed by atoms with E-state index in [-0.39, 0.29) is 0 Å². The zero-order valence-electron chi connectivity index (χ0n) is 19.9. The summed E-state index contributed by atoms with van der Waals surface area (Å²) in [6.07, 6.45) is 23.8. The molecule has 1 aromatic carbocycles. The van der Waals surface area contributed by atoms with Gasteiger partial charge in [-0.1, -0.05) is 133 Å². The molecule has 2 N–H and O–H groups in total. The van der Waals surface area contributed by atoms with E-state index in [0.717, 1.165) is 18.5 Å². The number of unbranched alkanes of at least 4 members (excludes halogenated alkanes) is 15. The van der Waals surface area contributed by atoms with Crippen LogP contribution in [0.1, 0.15) is 115 Å². The number of benzene rings is 1. The van der Waals surface area contributed by atoms with Crippen LogP contribution in [0.25, 0.3) is 0 Å². The van der Waals surface area contributed by atoms with Gasteiger partial charge in [0.05, 0.1) is 16.3 Å². The predicted molar refractivity (Wildman–Crippen MR) is 147 cm³/mol. The molecule has 0 radical (unpaired) electrons. The van der Waals surface area contributed by atoms with Crippen LogP contribution < -0.4 is 10.7 Å². The number of nitrogens with one attached hydrogen (secondary N) is 2. The fraction of sp³-hybridized carbons (Fsp3) is 0.692. The number of hydrogen-bond acceptors (Lipinski definition) is 2. The van der Waals surface area contributed by atoms with Crippen molar-refractivity contribution in [2.45, 2.75) is 110 Å². The van der Waals surface area contributed by atoms with Gasteiger partial charge in [0.1, 0.15) is 0 Å². The van der Waals surface area contributed by atoms with E-state index in [4.69, 9.17) is 35.4 Å². The quantitative estimate of drug-likeness (QED) is 0.0861. The van der Waals surface area contributed by atoms with Gasteiger partial charge in [-0.25, -0.2) is 0 Å². The van der Waals surface area contributed by atoms with E-state index in [0.29, 0.717) is 15.2 Å². The van der Waals surface area contributed by atoms with Crippen LogP contribution in [0.3, 0.4) is 0 Å². The molecular weight excluding hydrogens is 457 g/mol. The number of halogens is 2. The van der Waals surface area contributed by atoms with Gasteiger partial charge in [-0.15, -0.1) is 0 Å². The lowest BCUT2D eigenvalue weighted by atomic mass is 10.0. The van der Waals surface area contributed by atoms with E-state index in [1.54, 1.807) is 18.3 Å². The van der Waals surface area contributed by atoms with Crippen molar-refractivity contribution in [1.82, 2.24) is 10.7 Å². The highest BCUT2D eigenvalue weighted by molar-refractivity contribution is 7.80. The Labute approximate surface area is 212 Å². The second-order valence-electron chi connectivity index (χ2n) is 8.60. The summed E-state index contributed by atoms with van der Waals surface area (Å²) in [7, 11) is 0. The van der Waals surface area contributed by atoms with Gasteiger partial charge in [-0.3, -0.25) is 5.43 Å². The zero-order valence-corrected chi connectivity index (χ0v) is 22.3. The van der Waals surface area contributed by atoms with Crippen LogP contribution in [0.4, 0.5) is 0 Å². The molecule has 0 aromatic heterocycles. The normalized spacial score (nSPS) is 11.2. The van der Waals surface area contributed by atoms with E-state index in [9.17, 15) is 0 Å². The van der Waals surface area contributed by atoms with Crippen LogP contribution >= 0.6 is 35.4 Å². The van der Waals surface area contributed by atoms with Crippen LogP contribution in [0.15, 0.2) is 23.3 Å². The summed E-state index contributed by atoms with van der Waals surface area (Å²) >= 11 is 17.1. The number of nitrogens with zero attached hydrogens (tertiary/aromatic N) is 1. The average molecular weight is 501 g/mol. The molecule has 0 aliphatic heterocycles. The van der Waals surface area contributed by atoms with E-state index < -0.39 is 0 Å². The first-order valence-electron chi connectivity index (χ1n) is 12.7. The number of hydrazone groups is 1. The van der Waals surface area contributed by atoms with Crippen LogP contribution in [0.5, 0.6) is 0 Å². The first-order valence-corrected chi connectivity index (χ1v) is 13.8. The molecule has 0 bridgehead atoms. The van der Waals surface area contributed by atoms with Gasteiger partial charge in [-0.2, -0.15) is 5.10 Å². The van der Waals surface area contributed by atoms with E-state index >= 15 is 0 Å². The summed E-state index contributed by atoms with van der Waals surface area (Å²) in [6, 6.07) is 5.37. The van der Waals surface area contributed by atoms with Gasteiger partial charge < -0.3 is 5.32 Å². The lowest BCUT2D eigenvalue weighted by molar-refractivity contribution is 0.529. The highest BCUT2D eigenvalue weighted by Crippen LogP contribution is 2.21. The Hall–Kier alpha value is -0.840. The molecule has 0 saturated carbocycles. The summed E-state index contributed by atoms with van der Waals surface area (Å²) in [5.41, 5.74) is 3.70. The zero-order chi connectivity index (χ0) is 23.3. The Morgan fingerprint density at radius 1 is 0.781 bits per heavy atom. The van der Waals surface area contributed by atoms with Crippen molar-refractivity contribution in [2.24, 2.45) is 5.10 Å². The maximum atomic E-state index is 5.99. The third-order valence-corrected chi connectivity index (χ3v) is 6.61. The molecule has 3 nitrogen and oxygen atoms in total. The first kappa shape index (κ1) is 29.2. The van der Waals surface area contributed by atoms with Gasteiger partial charge in [0, 0.05) is 6.54 Å². The molecule has 182 valence electrons. The van der Waals surface area contributed by atoms with Crippen molar-refractivity contribution in [2.75, 3.05) is 6.54 Å². The van der Waals surface area contributed by atoms with Crippen LogP contribution in [0.2, 0.25) is 10.0 Å².